The molecule has 0 aromatic carbocycles. The average molecular weight is 319 g/mol. The Balaban J connectivity index is 1.89. The molecular weight excluding hydrogens is 286 g/mol. The third-order valence-corrected chi connectivity index (χ3v) is 4.13. The molecule has 0 bridgehead atoms. The van der Waals surface area contributed by atoms with E-state index in [1.807, 2.05) is 0 Å². The molecule has 132 valence electrons. The lowest BCUT2D eigenvalue weighted by molar-refractivity contribution is -0.169. The Hall–Kier alpha value is -0.240. The van der Waals surface area contributed by atoms with Gasteiger partial charge in [-0.1, -0.05) is 44.9 Å². The molecule has 1 aliphatic heterocycles. The van der Waals surface area contributed by atoms with Crippen LogP contribution in [0.5, 0.6) is 0 Å². The van der Waals surface area contributed by atoms with Gasteiger partial charge in [0.2, 0.25) is 0 Å². The molecule has 22 heavy (non-hydrogen) atoms. The molecule has 0 radical (unpaired) electrons. The quantitative estimate of drug-likeness (QED) is 0.376. The van der Waals surface area contributed by atoms with Crippen molar-refractivity contribution in [1.29, 1.82) is 0 Å². The first-order chi connectivity index (χ1) is 10.7. The molecule has 0 saturated carbocycles. The summed E-state index contributed by atoms with van der Waals surface area (Å²) in [6.07, 6.45) is 6.95. The maximum atomic E-state index is 9.70. The molecular formula is C16H33NO5. The Kier molecular flexibility index (Phi) is 11.0. The van der Waals surface area contributed by atoms with Crippen LogP contribution in [0, 0.1) is 0 Å². The third-order valence-electron chi connectivity index (χ3n) is 4.13. The van der Waals surface area contributed by atoms with Crippen LogP contribution in [0.25, 0.3) is 0 Å². The van der Waals surface area contributed by atoms with E-state index in [2.05, 4.69) is 0 Å². The summed E-state index contributed by atoms with van der Waals surface area (Å²) in [5, 5.41) is 28.3. The second-order valence-electron chi connectivity index (χ2n) is 6.05. The molecule has 0 aliphatic carbocycles. The van der Waals surface area contributed by atoms with Gasteiger partial charge in [-0.15, -0.1) is 0 Å². The molecule has 1 rings (SSSR count). The summed E-state index contributed by atoms with van der Waals surface area (Å²) in [7, 11) is 0. The average Bonchev–Trinajstić information content (AvgIpc) is 2.80. The molecule has 1 saturated heterocycles. The maximum Gasteiger partial charge on any atom is 0.186 e. The lowest BCUT2D eigenvalue weighted by Crippen LogP contribution is -2.34. The van der Waals surface area contributed by atoms with Crippen LogP contribution in [0.4, 0.5) is 0 Å². The Morgan fingerprint density at radius 1 is 0.818 bits per heavy atom. The Morgan fingerprint density at radius 2 is 1.36 bits per heavy atom. The number of aliphatic hydroxyl groups is 3. The molecule has 1 aliphatic rings. The fourth-order valence-electron chi connectivity index (χ4n) is 2.69. The largest absolute Gasteiger partial charge is 0.394 e. The van der Waals surface area contributed by atoms with Crippen LogP contribution >= 0.6 is 0 Å². The van der Waals surface area contributed by atoms with Gasteiger partial charge < -0.3 is 30.5 Å². The Labute approximate surface area is 133 Å². The molecule has 1 heterocycles. The van der Waals surface area contributed by atoms with Crippen molar-refractivity contribution in [2.24, 2.45) is 5.73 Å². The Bertz CT molecular complexity index is 267. The molecule has 0 spiro atoms. The van der Waals surface area contributed by atoms with Gasteiger partial charge in [0.25, 0.3) is 0 Å². The van der Waals surface area contributed by atoms with Gasteiger partial charge in [0, 0.05) is 6.61 Å². The number of rotatable bonds is 13. The van der Waals surface area contributed by atoms with Crippen LogP contribution in [-0.4, -0.2) is 59.7 Å². The first-order valence-electron chi connectivity index (χ1n) is 8.64. The molecule has 6 nitrogen and oxygen atoms in total. The van der Waals surface area contributed by atoms with Crippen LogP contribution in [0.1, 0.15) is 57.8 Å². The van der Waals surface area contributed by atoms with Gasteiger partial charge >= 0.3 is 0 Å². The maximum absolute atomic E-state index is 9.70. The van der Waals surface area contributed by atoms with Gasteiger partial charge in [-0.2, -0.15) is 0 Å². The molecule has 6 heteroatoms. The van der Waals surface area contributed by atoms with Crippen molar-refractivity contribution in [1.82, 2.24) is 0 Å². The molecule has 4 atom stereocenters. The van der Waals surface area contributed by atoms with Gasteiger partial charge in [-0.25, -0.2) is 0 Å². The standard InChI is InChI=1S/C16H33NO5/c17-10-8-6-4-2-1-3-5-7-9-11-21-16-15(20)14(19)13(12-18)22-16/h13-16,18-20H,1-12,17H2/t13-,14-,15+,16+/m0/s1. The molecule has 0 amide bonds. The second-order valence-corrected chi connectivity index (χ2v) is 6.05. The van der Waals surface area contributed by atoms with Crippen molar-refractivity contribution in [2.45, 2.75) is 82.4 Å². The van der Waals surface area contributed by atoms with Crippen molar-refractivity contribution in [3.8, 4) is 0 Å². The van der Waals surface area contributed by atoms with E-state index < -0.39 is 24.6 Å². The van der Waals surface area contributed by atoms with Gasteiger partial charge in [-0.05, 0) is 19.4 Å². The fourth-order valence-corrected chi connectivity index (χ4v) is 2.69. The molecule has 0 unspecified atom stereocenters. The van der Waals surface area contributed by atoms with Crippen LogP contribution in [0.15, 0.2) is 0 Å². The van der Waals surface area contributed by atoms with Gasteiger partial charge in [0.15, 0.2) is 6.29 Å². The zero-order valence-electron chi connectivity index (χ0n) is 13.5. The van der Waals surface area contributed by atoms with E-state index in [1.54, 1.807) is 0 Å². The molecule has 5 N–H and O–H groups in total. The van der Waals surface area contributed by atoms with E-state index in [0.29, 0.717) is 6.61 Å². The zero-order chi connectivity index (χ0) is 16.2. The van der Waals surface area contributed by atoms with E-state index in [-0.39, 0.29) is 6.61 Å². The number of hydrogen-bond donors (Lipinski definition) is 4. The van der Waals surface area contributed by atoms with Crippen molar-refractivity contribution >= 4 is 0 Å². The van der Waals surface area contributed by atoms with Gasteiger partial charge in [0.1, 0.15) is 18.3 Å². The van der Waals surface area contributed by atoms with E-state index in [1.165, 1.54) is 38.5 Å². The van der Waals surface area contributed by atoms with Crippen LogP contribution in [0.3, 0.4) is 0 Å². The highest BCUT2D eigenvalue weighted by molar-refractivity contribution is 4.86. The highest BCUT2D eigenvalue weighted by Crippen LogP contribution is 2.22. The van der Waals surface area contributed by atoms with E-state index in [0.717, 1.165) is 25.8 Å². The second kappa shape index (κ2) is 12.2. The van der Waals surface area contributed by atoms with Crippen LogP contribution in [0.2, 0.25) is 0 Å². The number of nitrogens with two attached hydrogens (primary N) is 1. The third kappa shape index (κ3) is 7.35. The van der Waals surface area contributed by atoms with Crippen molar-refractivity contribution in [3.05, 3.63) is 0 Å². The predicted molar refractivity (Wildman–Crippen MR) is 84.3 cm³/mol. The summed E-state index contributed by atoms with van der Waals surface area (Å²) < 4.78 is 10.7. The molecule has 1 fully saturated rings. The summed E-state index contributed by atoms with van der Waals surface area (Å²) in [6, 6.07) is 0. The monoisotopic (exact) mass is 319 g/mol. The first kappa shape index (κ1) is 19.8. The SMILES string of the molecule is NCCCCCCCCCCCO[C@@H]1O[C@@H](CO)[C@H](O)[C@H]1O. The normalized spacial score (nSPS) is 28.4. The lowest BCUT2D eigenvalue weighted by Gasteiger charge is -2.15. The number of hydrogen-bond acceptors (Lipinski definition) is 6. The minimum absolute atomic E-state index is 0.316. The van der Waals surface area contributed by atoms with Crippen molar-refractivity contribution in [3.63, 3.8) is 0 Å². The van der Waals surface area contributed by atoms with E-state index in [4.69, 9.17) is 20.3 Å². The minimum Gasteiger partial charge on any atom is -0.394 e. The Morgan fingerprint density at radius 3 is 1.86 bits per heavy atom. The summed E-state index contributed by atoms with van der Waals surface area (Å²) in [5.41, 5.74) is 5.45. The van der Waals surface area contributed by atoms with Crippen LogP contribution in [-0.2, 0) is 9.47 Å². The summed E-state index contributed by atoms with van der Waals surface area (Å²) in [4.78, 5) is 0. The first-order valence-corrected chi connectivity index (χ1v) is 8.64. The zero-order valence-corrected chi connectivity index (χ0v) is 13.5. The van der Waals surface area contributed by atoms with Gasteiger partial charge in [-0.3, -0.25) is 0 Å². The van der Waals surface area contributed by atoms with E-state index in [9.17, 15) is 10.2 Å². The van der Waals surface area contributed by atoms with Crippen molar-refractivity contribution < 1.29 is 24.8 Å². The smallest absolute Gasteiger partial charge is 0.186 e. The summed E-state index contributed by atoms with van der Waals surface area (Å²) >= 11 is 0. The van der Waals surface area contributed by atoms with Crippen molar-refractivity contribution in [2.75, 3.05) is 19.8 Å². The number of aliphatic hydroxyl groups excluding tert-OH is 3. The highest BCUT2D eigenvalue weighted by Gasteiger charge is 2.42. The molecule has 0 aromatic rings. The predicted octanol–water partition coefficient (Wildman–Crippen LogP) is 0.912. The summed E-state index contributed by atoms with van der Waals surface area (Å²) in [5.74, 6) is 0. The van der Waals surface area contributed by atoms with E-state index >= 15 is 0 Å². The molecule has 0 aromatic heterocycles. The van der Waals surface area contributed by atoms with Gasteiger partial charge in [0.05, 0.1) is 6.61 Å². The fraction of sp³-hybridized carbons (Fsp3) is 1.00. The topological polar surface area (TPSA) is 105 Å². The minimum atomic E-state index is -1.08. The number of ether oxygens (including phenoxy) is 2. The number of unbranched alkanes of at least 4 members (excludes halogenated alkanes) is 8. The lowest BCUT2D eigenvalue weighted by atomic mass is 10.1. The van der Waals surface area contributed by atoms with Crippen LogP contribution < -0.4 is 5.73 Å². The highest BCUT2D eigenvalue weighted by atomic mass is 16.7. The summed E-state index contributed by atoms with van der Waals surface area (Å²) in [6.45, 7) is 0.988.